The van der Waals surface area contributed by atoms with Gasteiger partial charge in [-0.15, -0.1) is 0 Å². The predicted molar refractivity (Wildman–Crippen MR) is 79.6 cm³/mol. The number of nitrogens with zero attached hydrogens (tertiary/aromatic N) is 1. The Hall–Kier alpha value is -1.43. The summed E-state index contributed by atoms with van der Waals surface area (Å²) >= 11 is 0. The first-order chi connectivity index (χ1) is 9.16. The molecule has 0 aromatic heterocycles. The van der Waals surface area contributed by atoms with Gasteiger partial charge in [-0.05, 0) is 51.4 Å². The van der Waals surface area contributed by atoms with Gasteiger partial charge < -0.3 is 9.16 Å². The molecule has 0 radical (unpaired) electrons. The number of hydrogen-bond donors (Lipinski definition) is 0. The Kier molecular flexibility index (Phi) is 5.27. The number of hydrogen-bond acceptors (Lipinski definition) is 3. The van der Waals surface area contributed by atoms with Crippen LogP contribution in [0.2, 0.25) is 19.6 Å². The number of ether oxygens (including phenoxy) is 1. The molecule has 0 saturated heterocycles. The van der Waals surface area contributed by atoms with Gasteiger partial charge >= 0.3 is 0 Å². The van der Waals surface area contributed by atoms with E-state index >= 15 is 0 Å². The van der Waals surface area contributed by atoms with Gasteiger partial charge in [0.05, 0.1) is 12.8 Å². The van der Waals surface area contributed by atoms with Crippen molar-refractivity contribution in [2.75, 3.05) is 6.61 Å². The molecular weight excluding hydrogens is 280 g/mol. The molecule has 2 atom stereocenters. The maximum absolute atomic E-state index is 14.4. The van der Waals surface area contributed by atoms with Crippen LogP contribution in [-0.4, -0.2) is 33.0 Å². The lowest BCUT2D eigenvalue weighted by atomic mass is 9.96. The second-order valence-corrected chi connectivity index (χ2v) is 9.86. The fourth-order valence-corrected chi connectivity index (χ4v) is 2.32. The molecule has 6 heteroatoms. The molecule has 0 aromatic carbocycles. The van der Waals surface area contributed by atoms with Crippen molar-refractivity contribution in [2.24, 2.45) is 4.99 Å². The van der Waals surface area contributed by atoms with E-state index in [9.17, 15) is 8.78 Å². The molecule has 0 N–H and O–H groups in total. The molecule has 2 unspecified atom stereocenters. The highest BCUT2D eigenvalue weighted by atomic mass is 28.4. The van der Waals surface area contributed by atoms with Crippen molar-refractivity contribution < 1.29 is 17.9 Å². The third kappa shape index (κ3) is 4.92. The summed E-state index contributed by atoms with van der Waals surface area (Å²) in [5.41, 5.74) is -2.30. The monoisotopic (exact) mass is 301 g/mol. The second-order valence-electron chi connectivity index (χ2n) is 5.43. The first-order valence-corrected chi connectivity index (χ1v) is 9.87. The van der Waals surface area contributed by atoms with Gasteiger partial charge in [0.2, 0.25) is 8.32 Å². The average Bonchev–Trinajstić information content (AvgIpc) is 2.30. The molecule has 0 amide bonds. The van der Waals surface area contributed by atoms with E-state index in [4.69, 9.17) is 9.16 Å². The van der Waals surface area contributed by atoms with Crippen LogP contribution in [0.3, 0.4) is 0 Å². The minimum Gasteiger partial charge on any atom is -0.532 e. The molecular formula is C14H21F2NO2Si. The number of allylic oxidation sites excluding steroid dienone is 3. The summed E-state index contributed by atoms with van der Waals surface area (Å²) in [6.45, 7) is 11.6. The van der Waals surface area contributed by atoms with E-state index in [1.807, 2.05) is 19.6 Å². The van der Waals surface area contributed by atoms with Crippen molar-refractivity contribution in [3.05, 3.63) is 36.4 Å². The van der Waals surface area contributed by atoms with Crippen molar-refractivity contribution in [2.45, 2.75) is 38.4 Å². The van der Waals surface area contributed by atoms with Crippen LogP contribution >= 0.6 is 0 Å². The van der Waals surface area contributed by atoms with E-state index in [-0.39, 0.29) is 5.88 Å². The zero-order valence-electron chi connectivity index (χ0n) is 12.3. The normalized spacial score (nSPS) is 26.5. The predicted octanol–water partition coefficient (Wildman–Crippen LogP) is 3.92. The summed E-state index contributed by atoms with van der Waals surface area (Å²) in [7, 11) is -1.85. The fraction of sp³-hybridized carbons (Fsp3) is 0.500. The van der Waals surface area contributed by atoms with Crippen molar-refractivity contribution in [1.29, 1.82) is 0 Å². The molecule has 3 nitrogen and oxygen atoms in total. The Morgan fingerprint density at radius 1 is 1.55 bits per heavy atom. The van der Waals surface area contributed by atoms with E-state index < -0.39 is 20.2 Å². The number of rotatable bonds is 6. The first-order valence-electron chi connectivity index (χ1n) is 6.46. The van der Waals surface area contributed by atoms with Gasteiger partial charge in [0, 0.05) is 0 Å². The molecule has 1 aliphatic carbocycles. The smallest absolute Gasteiger partial charge is 0.244 e. The lowest BCUT2D eigenvalue weighted by molar-refractivity contribution is 0.176. The minimum absolute atomic E-state index is 0.0985. The van der Waals surface area contributed by atoms with E-state index in [1.165, 1.54) is 6.08 Å². The summed E-state index contributed by atoms with van der Waals surface area (Å²) in [6, 6.07) is 0. The Bertz CT molecular complexity index is 455. The third-order valence-corrected chi connectivity index (χ3v) is 3.23. The molecule has 112 valence electrons. The van der Waals surface area contributed by atoms with Gasteiger partial charge in [0.1, 0.15) is 5.76 Å². The third-order valence-electron chi connectivity index (χ3n) is 2.38. The second kappa shape index (κ2) is 6.34. The highest BCUT2D eigenvalue weighted by molar-refractivity contribution is 6.70. The zero-order valence-corrected chi connectivity index (χ0v) is 13.3. The van der Waals surface area contributed by atoms with Crippen LogP contribution < -0.4 is 0 Å². The highest BCUT2D eigenvalue weighted by Gasteiger charge is 2.37. The lowest BCUT2D eigenvalue weighted by Gasteiger charge is -2.24. The standard InChI is InChI=1S/C14H21F2NO2Si/c1-6-18-12-7-8-14(16,13(15)9-12)10-17-11(2)19-20(3,4)5/h7-10,13H,2,6H2,1,3-5H3. The largest absolute Gasteiger partial charge is 0.532 e. The number of halogens is 2. The van der Waals surface area contributed by atoms with E-state index in [1.54, 1.807) is 6.92 Å². The van der Waals surface area contributed by atoms with Crippen molar-refractivity contribution >= 4 is 14.5 Å². The quantitative estimate of drug-likeness (QED) is 0.423. The molecule has 0 spiro atoms. The SMILES string of the molecule is C=C(N=CC1(F)C=CC(OCC)=CC1F)O[Si](C)(C)C. The zero-order chi connectivity index (χ0) is 15.4. The summed E-state index contributed by atoms with van der Waals surface area (Å²) < 4.78 is 38.8. The van der Waals surface area contributed by atoms with Gasteiger partial charge in [-0.25, -0.2) is 13.8 Å². The first kappa shape index (κ1) is 16.6. The van der Waals surface area contributed by atoms with Crippen LogP contribution in [-0.2, 0) is 9.16 Å². The topological polar surface area (TPSA) is 30.8 Å². The maximum atomic E-state index is 14.4. The van der Waals surface area contributed by atoms with Gasteiger partial charge in [-0.3, -0.25) is 0 Å². The Morgan fingerprint density at radius 3 is 2.70 bits per heavy atom. The minimum atomic E-state index is -2.30. The molecule has 20 heavy (non-hydrogen) atoms. The Labute approximate surface area is 119 Å². The van der Waals surface area contributed by atoms with Crippen LogP contribution in [0, 0.1) is 0 Å². The van der Waals surface area contributed by atoms with Gasteiger partial charge in [0.15, 0.2) is 17.7 Å². The molecule has 0 fully saturated rings. The van der Waals surface area contributed by atoms with E-state index in [0.29, 0.717) is 12.4 Å². The van der Waals surface area contributed by atoms with Crippen LogP contribution in [0.4, 0.5) is 8.78 Å². The maximum Gasteiger partial charge on any atom is 0.244 e. The van der Waals surface area contributed by atoms with Gasteiger partial charge in [-0.2, -0.15) is 0 Å². The summed E-state index contributed by atoms with van der Waals surface area (Å²) in [5.74, 6) is 0.417. The molecule has 1 rings (SSSR count). The molecule has 0 heterocycles. The number of aliphatic imine (C=N–C) groups is 1. The summed E-state index contributed by atoms with van der Waals surface area (Å²) in [6.07, 6.45) is 2.62. The molecule has 1 aliphatic rings. The van der Waals surface area contributed by atoms with Crippen molar-refractivity contribution in [3.63, 3.8) is 0 Å². The molecule has 0 aliphatic heterocycles. The Morgan fingerprint density at radius 2 is 2.20 bits per heavy atom. The Balaban J connectivity index is 2.73. The van der Waals surface area contributed by atoms with Crippen LogP contribution in [0.5, 0.6) is 0 Å². The van der Waals surface area contributed by atoms with Crippen molar-refractivity contribution in [1.82, 2.24) is 0 Å². The van der Waals surface area contributed by atoms with Crippen LogP contribution in [0.1, 0.15) is 6.92 Å². The van der Waals surface area contributed by atoms with E-state index in [0.717, 1.165) is 18.4 Å². The highest BCUT2D eigenvalue weighted by Crippen LogP contribution is 2.27. The lowest BCUT2D eigenvalue weighted by Crippen LogP contribution is -2.35. The van der Waals surface area contributed by atoms with Crippen molar-refractivity contribution in [3.8, 4) is 0 Å². The van der Waals surface area contributed by atoms with Gasteiger partial charge in [0.25, 0.3) is 0 Å². The summed E-state index contributed by atoms with van der Waals surface area (Å²) in [5, 5.41) is 0. The van der Waals surface area contributed by atoms with E-state index in [2.05, 4.69) is 11.6 Å². The average molecular weight is 301 g/mol. The molecule has 0 saturated carbocycles. The number of alkyl halides is 2. The molecule has 0 bridgehead atoms. The molecule has 0 aromatic rings. The van der Waals surface area contributed by atoms with Gasteiger partial charge in [-0.1, -0.05) is 0 Å². The summed E-state index contributed by atoms with van der Waals surface area (Å²) in [4.78, 5) is 3.78. The fourth-order valence-electron chi connectivity index (χ4n) is 1.56. The van der Waals surface area contributed by atoms with Crippen LogP contribution in [0.15, 0.2) is 41.4 Å². The van der Waals surface area contributed by atoms with Crippen LogP contribution in [0.25, 0.3) is 0 Å².